The first kappa shape index (κ1) is 10.7. The van der Waals surface area contributed by atoms with E-state index in [1.54, 1.807) is 13.0 Å². The van der Waals surface area contributed by atoms with Crippen molar-refractivity contribution in [3.8, 4) is 0 Å². The Hall–Kier alpha value is -1.85. The molecule has 16 heavy (non-hydrogen) atoms. The maximum Gasteiger partial charge on any atom is 0.219 e. The van der Waals surface area contributed by atoms with E-state index < -0.39 is 0 Å². The average molecular weight is 221 g/mol. The zero-order valence-corrected chi connectivity index (χ0v) is 9.26. The molecule has 2 heterocycles. The van der Waals surface area contributed by atoms with Crippen LogP contribution in [0.2, 0.25) is 0 Å². The van der Waals surface area contributed by atoms with Gasteiger partial charge >= 0.3 is 0 Å². The highest BCUT2D eigenvalue weighted by molar-refractivity contribution is 5.73. The molecule has 86 valence electrons. The van der Waals surface area contributed by atoms with Gasteiger partial charge in [-0.1, -0.05) is 0 Å². The van der Waals surface area contributed by atoms with Gasteiger partial charge in [0.15, 0.2) is 5.82 Å². The largest absolute Gasteiger partial charge is 0.382 e. The van der Waals surface area contributed by atoms with Gasteiger partial charge < -0.3 is 15.5 Å². The zero-order chi connectivity index (χ0) is 11.5. The fourth-order valence-corrected chi connectivity index (χ4v) is 1.75. The van der Waals surface area contributed by atoms with Crippen LogP contribution in [0.15, 0.2) is 12.1 Å². The second kappa shape index (κ2) is 4.34. The topological polar surface area (TPSA) is 75.4 Å². The molecule has 0 spiro atoms. The Kier molecular flexibility index (Phi) is 2.89. The summed E-state index contributed by atoms with van der Waals surface area (Å²) in [6.45, 7) is 4.65. The van der Waals surface area contributed by atoms with Gasteiger partial charge in [-0.2, -0.15) is 0 Å². The molecule has 0 bridgehead atoms. The first-order valence-electron chi connectivity index (χ1n) is 5.26. The zero-order valence-electron chi connectivity index (χ0n) is 9.26. The SMILES string of the molecule is CC(=O)N1CCN(c2ccc(N)nn2)CC1. The van der Waals surface area contributed by atoms with Crippen LogP contribution in [-0.4, -0.2) is 47.2 Å². The van der Waals surface area contributed by atoms with Crippen LogP contribution >= 0.6 is 0 Å². The molecule has 6 nitrogen and oxygen atoms in total. The number of rotatable bonds is 1. The van der Waals surface area contributed by atoms with Crippen LogP contribution in [0.1, 0.15) is 6.92 Å². The molecule has 1 amide bonds. The third kappa shape index (κ3) is 2.21. The minimum atomic E-state index is 0.128. The molecular formula is C10H15N5O. The van der Waals surface area contributed by atoms with Gasteiger partial charge in [0.25, 0.3) is 0 Å². The lowest BCUT2D eigenvalue weighted by Crippen LogP contribution is -2.48. The first-order valence-corrected chi connectivity index (χ1v) is 5.26. The normalized spacial score (nSPS) is 16.3. The van der Waals surface area contributed by atoms with Crippen molar-refractivity contribution < 1.29 is 4.79 Å². The van der Waals surface area contributed by atoms with Gasteiger partial charge in [0.1, 0.15) is 5.82 Å². The standard InChI is InChI=1S/C10H15N5O/c1-8(16)14-4-6-15(7-5-14)10-3-2-9(11)12-13-10/h2-3H,4-7H2,1H3,(H2,11,12). The van der Waals surface area contributed by atoms with E-state index in [4.69, 9.17) is 5.73 Å². The molecule has 6 heteroatoms. The smallest absolute Gasteiger partial charge is 0.219 e. The highest BCUT2D eigenvalue weighted by Gasteiger charge is 2.19. The molecule has 0 saturated carbocycles. The molecule has 1 aliphatic heterocycles. The fourth-order valence-electron chi connectivity index (χ4n) is 1.75. The van der Waals surface area contributed by atoms with Gasteiger partial charge in [-0.15, -0.1) is 10.2 Å². The Morgan fingerprint density at radius 2 is 1.94 bits per heavy atom. The number of hydrogen-bond acceptors (Lipinski definition) is 5. The van der Waals surface area contributed by atoms with Crippen LogP contribution in [0.4, 0.5) is 11.6 Å². The monoisotopic (exact) mass is 221 g/mol. The van der Waals surface area contributed by atoms with E-state index in [0.29, 0.717) is 5.82 Å². The van der Waals surface area contributed by atoms with Gasteiger partial charge in [-0.25, -0.2) is 0 Å². The minimum absolute atomic E-state index is 0.128. The molecule has 0 aliphatic carbocycles. The quantitative estimate of drug-likeness (QED) is 0.706. The van der Waals surface area contributed by atoms with Crippen LogP contribution in [0.25, 0.3) is 0 Å². The lowest BCUT2D eigenvalue weighted by atomic mass is 10.3. The summed E-state index contributed by atoms with van der Waals surface area (Å²) in [7, 11) is 0. The number of carbonyl (C=O) groups excluding carboxylic acids is 1. The maximum atomic E-state index is 11.1. The Bertz CT molecular complexity index is 369. The molecular weight excluding hydrogens is 206 g/mol. The van der Waals surface area contributed by atoms with Gasteiger partial charge in [-0.05, 0) is 12.1 Å². The van der Waals surface area contributed by atoms with Gasteiger partial charge in [0, 0.05) is 33.1 Å². The fraction of sp³-hybridized carbons (Fsp3) is 0.500. The number of piperazine rings is 1. The molecule has 1 fully saturated rings. The number of hydrogen-bond donors (Lipinski definition) is 1. The number of carbonyl (C=O) groups is 1. The average Bonchev–Trinajstić information content (AvgIpc) is 2.30. The van der Waals surface area contributed by atoms with Crippen LogP contribution in [0.5, 0.6) is 0 Å². The van der Waals surface area contributed by atoms with Crippen molar-refractivity contribution in [3.63, 3.8) is 0 Å². The molecule has 1 aliphatic rings. The van der Waals surface area contributed by atoms with E-state index >= 15 is 0 Å². The Morgan fingerprint density at radius 1 is 1.25 bits per heavy atom. The van der Waals surface area contributed by atoms with Crippen molar-refractivity contribution in [2.24, 2.45) is 0 Å². The summed E-state index contributed by atoms with van der Waals surface area (Å²) in [4.78, 5) is 15.1. The third-order valence-electron chi connectivity index (χ3n) is 2.72. The highest BCUT2D eigenvalue weighted by atomic mass is 16.2. The summed E-state index contributed by atoms with van der Waals surface area (Å²) in [6.07, 6.45) is 0. The summed E-state index contributed by atoms with van der Waals surface area (Å²) >= 11 is 0. The van der Waals surface area contributed by atoms with Crippen molar-refractivity contribution in [1.29, 1.82) is 0 Å². The van der Waals surface area contributed by atoms with Crippen molar-refractivity contribution in [3.05, 3.63) is 12.1 Å². The van der Waals surface area contributed by atoms with Crippen LogP contribution < -0.4 is 10.6 Å². The number of anilines is 2. The maximum absolute atomic E-state index is 11.1. The molecule has 2 rings (SSSR count). The molecule has 2 N–H and O–H groups in total. The third-order valence-corrected chi connectivity index (χ3v) is 2.72. The van der Waals surface area contributed by atoms with E-state index in [1.807, 2.05) is 11.0 Å². The molecule has 1 aromatic rings. The highest BCUT2D eigenvalue weighted by Crippen LogP contribution is 2.13. The Morgan fingerprint density at radius 3 is 2.44 bits per heavy atom. The molecule has 1 aromatic heterocycles. The number of nitrogens with two attached hydrogens (primary N) is 1. The van der Waals surface area contributed by atoms with E-state index in [0.717, 1.165) is 32.0 Å². The van der Waals surface area contributed by atoms with Gasteiger partial charge in [-0.3, -0.25) is 4.79 Å². The predicted octanol–water partition coefficient (Wildman–Crippen LogP) is -0.273. The molecule has 1 saturated heterocycles. The number of nitrogen functional groups attached to an aromatic ring is 1. The lowest BCUT2D eigenvalue weighted by Gasteiger charge is -2.34. The lowest BCUT2D eigenvalue weighted by molar-refractivity contribution is -0.129. The Balaban J connectivity index is 1.99. The van der Waals surface area contributed by atoms with Crippen molar-refractivity contribution >= 4 is 17.5 Å². The first-order chi connectivity index (χ1) is 7.66. The molecule has 0 atom stereocenters. The van der Waals surface area contributed by atoms with E-state index in [-0.39, 0.29) is 5.91 Å². The second-order valence-electron chi connectivity index (χ2n) is 3.81. The molecule has 0 unspecified atom stereocenters. The van der Waals surface area contributed by atoms with Crippen molar-refractivity contribution in [2.75, 3.05) is 36.8 Å². The van der Waals surface area contributed by atoms with Crippen molar-refractivity contribution in [1.82, 2.24) is 15.1 Å². The number of aromatic nitrogens is 2. The van der Waals surface area contributed by atoms with E-state index in [1.165, 1.54) is 0 Å². The summed E-state index contributed by atoms with van der Waals surface area (Å²) in [5.74, 6) is 1.37. The van der Waals surface area contributed by atoms with Gasteiger partial charge in [0.05, 0.1) is 0 Å². The van der Waals surface area contributed by atoms with Crippen LogP contribution in [0.3, 0.4) is 0 Å². The van der Waals surface area contributed by atoms with Crippen LogP contribution in [0, 0.1) is 0 Å². The second-order valence-corrected chi connectivity index (χ2v) is 3.81. The molecule has 0 radical (unpaired) electrons. The summed E-state index contributed by atoms with van der Waals surface area (Å²) < 4.78 is 0. The number of nitrogens with zero attached hydrogens (tertiary/aromatic N) is 4. The van der Waals surface area contributed by atoms with Crippen LogP contribution in [-0.2, 0) is 4.79 Å². The van der Waals surface area contributed by atoms with Crippen molar-refractivity contribution in [2.45, 2.75) is 6.92 Å². The summed E-state index contributed by atoms with van der Waals surface area (Å²) in [5.41, 5.74) is 5.47. The van der Waals surface area contributed by atoms with Gasteiger partial charge in [0.2, 0.25) is 5.91 Å². The summed E-state index contributed by atoms with van der Waals surface area (Å²) in [5, 5.41) is 7.83. The minimum Gasteiger partial charge on any atom is -0.382 e. The Labute approximate surface area is 94.0 Å². The number of amides is 1. The predicted molar refractivity (Wildman–Crippen MR) is 60.9 cm³/mol. The van der Waals surface area contributed by atoms with E-state index in [2.05, 4.69) is 15.1 Å². The van der Waals surface area contributed by atoms with E-state index in [9.17, 15) is 4.79 Å². The summed E-state index contributed by atoms with van der Waals surface area (Å²) in [6, 6.07) is 3.59. The molecule has 0 aromatic carbocycles.